The highest BCUT2D eigenvalue weighted by Crippen LogP contribution is 2.27. The van der Waals surface area contributed by atoms with Crippen molar-refractivity contribution in [1.82, 2.24) is 4.98 Å². The maximum Gasteiger partial charge on any atom is 0.160 e. The Morgan fingerprint density at radius 2 is 2.06 bits per heavy atom. The van der Waals surface area contributed by atoms with Crippen molar-refractivity contribution in [2.45, 2.75) is 25.8 Å². The predicted octanol–water partition coefficient (Wildman–Crippen LogP) is 0.944. The SMILES string of the molecule is CCC(CO)(CO)Nc1cc(C)ncc1OC. The maximum absolute atomic E-state index is 9.39. The molecule has 0 bridgehead atoms. The number of aliphatic hydroxyl groups is 2. The van der Waals surface area contributed by atoms with E-state index in [0.29, 0.717) is 12.2 Å². The van der Waals surface area contributed by atoms with Crippen LogP contribution in [0.3, 0.4) is 0 Å². The first-order valence-electron chi connectivity index (χ1n) is 5.61. The van der Waals surface area contributed by atoms with E-state index in [4.69, 9.17) is 4.74 Å². The fourth-order valence-corrected chi connectivity index (χ4v) is 1.53. The van der Waals surface area contributed by atoms with Crippen LogP contribution in [0.5, 0.6) is 5.75 Å². The van der Waals surface area contributed by atoms with Crippen LogP contribution < -0.4 is 10.1 Å². The van der Waals surface area contributed by atoms with Gasteiger partial charge in [-0.25, -0.2) is 0 Å². The lowest BCUT2D eigenvalue weighted by Gasteiger charge is -2.31. The van der Waals surface area contributed by atoms with Gasteiger partial charge in [-0.15, -0.1) is 0 Å². The zero-order valence-corrected chi connectivity index (χ0v) is 10.5. The molecule has 0 aliphatic rings. The molecule has 1 heterocycles. The molecule has 3 N–H and O–H groups in total. The summed E-state index contributed by atoms with van der Waals surface area (Å²) in [5.74, 6) is 0.593. The van der Waals surface area contributed by atoms with Crippen LogP contribution in [0.15, 0.2) is 12.3 Å². The summed E-state index contributed by atoms with van der Waals surface area (Å²) in [4.78, 5) is 4.13. The minimum atomic E-state index is -0.735. The molecule has 0 aromatic carbocycles. The van der Waals surface area contributed by atoms with Gasteiger partial charge < -0.3 is 20.3 Å². The Balaban J connectivity index is 3.03. The molecule has 0 saturated heterocycles. The number of rotatable bonds is 6. The summed E-state index contributed by atoms with van der Waals surface area (Å²) >= 11 is 0. The van der Waals surface area contributed by atoms with E-state index < -0.39 is 5.54 Å². The molecule has 1 aromatic heterocycles. The van der Waals surface area contributed by atoms with Gasteiger partial charge in [0.15, 0.2) is 5.75 Å². The van der Waals surface area contributed by atoms with Crippen LogP contribution in [0.1, 0.15) is 19.0 Å². The quantitative estimate of drug-likeness (QED) is 0.690. The summed E-state index contributed by atoms with van der Waals surface area (Å²) in [6, 6.07) is 1.83. The van der Waals surface area contributed by atoms with Gasteiger partial charge in [0.1, 0.15) is 0 Å². The number of anilines is 1. The summed E-state index contributed by atoms with van der Waals surface area (Å²) in [5.41, 5.74) is 0.834. The number of hydrogen-bond acceptors (Lipinski definition) is 5. The van der Waals surface area contributed by atoms with E-state index in [1.54, 1.807) is 13.3 Å². The second-order valence-electron chi connectivity index (χ2n) is 4.10. The van der Waals surface area contributed by atoms with Gasteiger partial charge in [-0.2, -0.15) is 0 Å². The molecule has 0 aliphatic heterocycles. The fourth-order valence-electron chi connectivity index (χ4n) is 1.53. The summed E-state index contributed by atoms with van der Waals surface area (Å²) < 4.78 is 5.19. The first kappa shape index (κ1) is 13.7. The molecule has 0 saturated carbocycles. The number of aryl methyl sites for hydroxylation is 1. The molecule has 17 heavy (non-hydrogen) atoms. The van der Waals surface area contributed by atoms with E-state index >= 15 is 0 Å². The molecule has 1 aromatic rings. The molecule has 0 spiro atoms. The standard InChI is InChI=1S/C12H20N2O3/c1-4-12(7-15,8-16)14-10-5-9(2)13-6-11(10)17-3/h5-6,15-16H,4,7-8H2,1-3H3,(H,13,14). The van der Waals surface area contributed by atoms with E-state index in [1.165, 1.54) is 0 Å². The summed E-state index contributed by atoms with van der Waals surface area (Å²) in [6.45, 7) is 3.48. The zero-order valence-electron chi connectivity index (χ0n) is 10.5. The minimum Gasteiger partial charge on any atom is -0.493 e. The largest absolute Gasteiger partial charge is 0.493 e. The molecular weight excluding hydrogens is 220 g/mol. The van der Waals surface area contributed by atoms with E-state index in [1.807, 2.05) is 19.9 Å². The monoisotopic (exact) mass is 240 g/mol. The van der Waals surface area contributed by atoms with Crippen LogP contribution in [-0.4, -0.2) is 41.1 Å². The second kappa shape index (κ2) is 5.84. The van der Waals surface area contributed by atoms with Crippen LogP contribution >= 0.6 is 0 Å². The number of hydrogen-bond donors (Lipinski definition) is 3. The van der Waals surface area contributed by atoms with Crippen LogP contribution in [0.25, 0.3) is 0 Å². The van der Waals surface area contributed by atoms with Crippen molar-refractivity contribution < 1.29 is 14.9 Å². The molecule has 0 radical (unpaired) electrons. The van der Waals surface area contributed by atoms with E-state index in [2.05, 4.69) is 10.3 Å². The van der Waals surface area contributed by atoms with Crippen molar-refractivity contribution in [2.24, 2.45) is 0 Å². The Hall–Kier alpha value is -1.33. The Morgan fingerprint density at radius 3 is 2.53 bits per heavy atom. The number of methoxy groups -OCH3 is 1. The van der Waals surface area contributed by atoms with Gasteiger partial charge in [-0.05, 0) is 19.4 Å². The van der Waals surface area contributed by atoms with Crippen LogP contribution in [0, 0.1) is 6.92 Å². The number of nitrogens with zero attached hydrogens (tertiary/aromatic N) is 1. The Labute approximate surface area is 101 Å². The van der Waals surface area contributed by atoms with E-state index in [9.17, 15) is 10.2 Å². The van der Waals surface area contributed by atoms with Crippen molar-refractivity contribution in [3.63, 3.8) is 0 Å². The molecule has 5 nitrogen and oxygen atoms in total. The maximum atomic E-state index is 9.39. The molecule has 0 fully saturated rings. The lowest BCUT2D eigenvalue weighted by Crippen LogP contribution is -2.45. The Kier molecular flexibility index (Phi) is 4.72. The molecule has 96 valence electrons. The third-order valence-electron chi connectivity index (χ3n) is 2.91. The van der Waals surface area contributed by atoms with Gasteiger partial charge in [0, 0.05) is 5.69 Å². The van der Waals surface area contributed by atoms with Gasteiger partial charge in [0.25, 0.3) is 0 Å². The minimum absolute atomic E-state index is 0.148. The van der Waals surface area contributed by atoms with Crippen LogP contribution in [0.4, 0.5) is 5.69 Å². The first-order chi connectivity index (χ1) is 8.10. The number of nitrogens with one attached hydrogen (secondary N) is 1. The molecule has 0 unspecified atom stereocenters. The van der Waals surface area contributed by atoms with Crippen molar-refractivity contribution in [2.75, 3.05) is 25.6 Å². The summed E-state index contributed by atoms with van der Waals surface area (Å²) in [7, 11) is 1.56. The average molecular weight is 240 g/mol. The summed E-state index contributed by atoms with van der Waals surface area (Å²) in [6.07, 6.45) is 2.22. The molecular formula is C12H20N2O3. The Bertz CT molecular complexity index is 357. The molecule has 0 aliphatic carbocycles. The Morgan fingerprint density at radius 1 is 1.41 bits per heavy atom. The lowest BCUT2D eigenvalue weighted by atomic mass is 9.98. The first-order valence-corrected chi connectivity index (χ1v) is 5.61. The van der Waals surface area contributed by atoms with Crippen LogP contribution in [0.2, 0.25) is 0 Å². The number of ether oxygens (including phenoxy) is 1. The average Bonchev–Trinajstić information content (AvgIpc) is 2.36. The molecule has 0 amide bonds. The molecule has 0 atom stereocenters. The molecule has 5 heteroatoms. The third-order valence-corrected chi connectivity index (χ3v) is 2.91. The number of aliphatic hydroxyl groups excluding tert-OH is 2. The van der Waals surface area contributed by atoms with E-state index in [-0.39, 0.29) is 13.2 Å². The van der Waals surface area contributed by atoms with Crippen molar-refractivity contribution in [3.05, 3.63) is 18.0 Å². The van der Waals surface area contributed by atoms with Crippen LogP contribution in [-0.2, 0) is 0 Å². The van der Waals surface area contributed by atoms with Crippen molar-refractivity contribution in [3.8, 4) is 5.75 Å². The lowest BCUT2D eigenvalue weighted by molar-refractivity contribution is 0.132. The van der Waals surface area contributed by atoms with Gasteiger partial charge in [0.05, 0.1) is 37.7 Å². The highest BCUT2D eigenvalue weighted by Gasteiger charge is 2.27. The summed E-state index contributed by atoms with van der Waals surface area (Å²) in [5, 5.41) is 21.9. The second-order valence-corrected chi connectivity index (χ2v) is 4.10. The zero-order chi connectivity index (χ0) is 12.9. The van der Waals surface area contributed by atoms with Crippen molar-refractivity contribution in [1.29, 1.82) is 0 Å². The van der Waals surface area contributed by atoms with Crippen molar-refractivity contribution >= 4 is 5.69 Å². The normalized spacial score (nSPS) is 11.4. The van der Waals surface area contributed by atoms with Gasteiger partial charge in [-0.1, -0.05) is 6.92 Å². The van der Waals surface area contributed by atoms with Gasteiger partial charge in [-0.3, -0.25) is 4.98 Å². The van der Waals surface area contributed by atoms with Gasteiger partial charge >= 0.3 is 0 Å². The smallest absolute Gasteiger partial charge is 0.160 e. The molecule has 1 rings (SSSR count). The van der Waals surface area contributed by atoms with Gasteiger partial charge in [0.2, 0.25) is 0 Å². The third kappa shape index (κ3) is 3.08. The topological polar surface area (TPSA) is 74.6 Å². The predicted molar refractivity (Wildman–Crippen MR) is 66.3 cm³/mol. The highest BCUT2D eigenvalue weighted by molar-refractivity contribution is 5.57. The number of pyridine rings is 1. The fraction of sp³-hybridized carbons (Fsp3) is 0.583. The number of aromatic nitrogens is 1. The highest BCUT2D eigenvalue weighted by atomic mass is 16.5. The van der Waals surface area contributed by atoms with E-state index in [0.717, 1.165) is 11.4 Å².